The van der Waals surface area contributed by atoms with E-state index >= 15 is 0 Å². The molecule has 0 radical (unpaired) electrons. The topological polar surface area (TPSA) is 16.4 Å². The Bertz CT molecular complexity index is 980. The average Bonchev–Trinajstić information content (AvgIpc) is 3.33. The zero-order valence-electron chi connectivity index (χ0n) is 15.1. The predicted molar refractivity (Wildman–Crippen MR) is 109 cm³/mol. The molecule has 2 aromatic rings. The van der Waals surface area contributed by atoms with Crippen molar-refractivity contribution >= 4 is 45.7 Å². The molecule has 1 aromatic carbocycles. The third-order valence-corrected chi connectivity index (χ3v) is 6.58. The van der Waals surface area contributed by atoms with Gasteiger partial charge in [0.1, 0.15) is 0 Å². The summed E-state index contributed by atoms with van der Waals surface area (Å²) < 4.78 is 4.67. The van der Waals surface area contributed by atoms with E-state index in [0.29, 0.717) is 10.7 Å². The smallest absolute Gasteiger partial charge is 0.285 e. The number of halogens is 1. The van der Waals surface area contributed by atoms with E-state index in [1.54, 1.807) is 0 Å². The van der Waals surface area contributed by atoms with Crippen LogP contribution in [0.5, 0.6) is 0 Å². The molecule has 4 nitrogen and oxygen atoms in total. The minimum absolute atomic E-state index is 0.531. The van der Waals surface area contributed by atoms with Crippen molar-refractivity contribution in [3.05, 3.63) is 51.6 Å². The number of hydrogen-bond acceptors (Lipinski definition) is 2. The number of imidazole rings is 1. The van der Waals surface area contributed by atoms with Crippen molar-refractivity contribution in [2.45, 2.75) is 33.4 Å². The zero-order chi connectivity index (χ0) is 18.3. The van der Waals surface area contributed by atoms with E-state index in [0.717, 1.165) is 43.6 Å². The summed E-state index contributed by atoms with van der Waals surface area (Å²) in [6.45, 7) is 15.8. The van der Waals surface area contributed by atoms with Crippen LogP contribution in [0.15, 0.2) is 29.3 Å². The van der Waals surface area contributed by atoms with Gasteiger partial charge in [-0.15, -0.1) is 11.8 Å². The second-order valence-corrected chi connectivity index (χ2v) is 8.02. The van der Waals surface area contributed by atoms with Gasteiger partial charge in [-0.2, -0.15) is 0 Å². The molecule has 2 aliphatic heterocycles. The van der Waals surface area contributed by atoms with Gasteiger partial charge in [-0.3, -0.25) is 0 Å². The van der Waals surface area contributed by atoms with Crippen LogP contribution < -0.4 is 4.57 Å². The molecule has 0 atom stereocenters. The van der Waals surface area contributed by atoms with E-state index in [9.17, 15) is 0 Å². The number of thioether (sulfide) groups is 1. The van der Waals surface area contributed by atoms with Gasteiger partial charge in [0.2, 0.25) is 5.69 Å². The maximum atomic E-state index is 7.35. The van der Waals surface area contributed by atoms with Crippen LogP contribution in [0.2, 0.25) is 5.02 Å². The third-order valence-electron chi connectivity index (χ3n) is 5.20. The molecule has 1 fully saturated rings. The maximum absolute atomic E-state index is 7.35. The lowest BCUT2D eigenvalue weighted by molar-refractivity contribution is -0.664. The van der Waals surface area contributed by atoms with Gasteiger partial charge in [0.05, 0.1) is 29.7 Å². The first-order chi connectivity index (χ1) is 12.7. The first-order valence-corrected chi connectivity index (χ1v) is 10.5. The molecule has 26 heavy (non-hydrogen) atoms. The van der Waals surface area contributed by atoms with Gasteiger partial charge in [-0.25, -0.2) is 14.0 Å². The number of aryl methyl sites for hydroxylation is 2. The van der Waals surface area contributed by atoms with Crippen LogP contribution in [0.25, 0.3) is 21.5 Å². The fourth-order valence-electron chi connectivity index (χ4n) is 3.93. The monoisotopic (exact) mass is 385 g/mol. The van der Waals surface area contributed by atoms with Crippen molar-refractivity contribution in [1.82, 2.24) is 9.47 Å². The van der Waals surface area contributed by atoms with Crippen molar-refractivity contribution < 1.29 is 4.57 Å². The average molecular weight is 386 g/mol. The van der Waals surface area contributed by atoms with Crippen LogP contribution in [0.3, 0.4) is 0 Å². The largest absolute Gasteiger partial charge is 0.366 e. The van der Waals surface area contributed by atoms with Gasteiger partial charge in [0, 0.05) is 30.8 Å². The molecule has 0 saturated carbocycles. The lowest BCUT2D eigenvalue weighted by Gasteiger charge is -2.15. The van der Waals surface area contributed by atoms with Crippen molar-refractivity contribution in [3.63, 3.8) is 0 Å². The molecule has 1 saturated heterocycles. The number of benzene rings is 1. The third kappa shape index (κ3) is 2.72. The Labute approximate surface area is 163 Å². The molecule has 0 unspecified atom stereocenters. The number of fused-ring (bicyclic) bond motifs is 3. The first kappa shape index (κ1) is 17.5. The molecule has 6 heteroatoms. The van der Waals surface area contributed by atoms with Crippen molar-refractivity contribution in [3.8, 4) is 0 Å². The van der Waals surface area contributed by atoms with Crippen molar-refractivity contribution in [2.75, 3.05) is 18.8 Å². The van der Waals surface area contributed by atoms with Gasteiger partial charge in [0.15, 0.2) is 11.0 Å². The molecule has 0 spiro atoms. The summed E-state index contributed by atoms with van der Waals surface area (Å²) in [5.41, 5.74) is 4.12. The van der Waals surface area contributed by atoms with Crippen LogP contribution in [-0.4, -0.2) is 28.3 Å². The predicted octanol–water partition coefficient (Wildman–Crippen LogP) is 4.85. The molecular weight excluding hydrogens is 364 g/mol. The Balaban J connectivity index is 1.83. The minimum Gasteiger partial charge on any atom is -0.366 e. The second-order valence-electron chi connectivity index (χ2n) is 6.50. The summed E-state index contributed by atoms with van der Waals surface area (Å²) in [7, 11) is 0. The molecule has 1 aromatic heterocycles. The second kappa shape index (κ2) is 7.02. The van der Waals surface area contributed by atoms with E-state index in [1.165, 1.54) is 22.2 Å². The quantitative estimate of drug-likeness (QED) is 0.554. The molecule has 0 bridgehead atoms. The standard InChI is InChI=1S/C20H22ClN4S/c1-4-23-10-11-26-19(23)7-6-14-8-9-25-18-13-16(22-3)15(21)12-17(18)24(5-2)20(14)25/h6-7,12-13H,4-5,8-11H2,1-2H3/q+1. The van der Waals surface area contributed by atoms with Gasteiger partial charge in [0.25, 0.3) is 5.82 Å². The summed E-state index contributed by atoms with van der Waals surface area (Å²) in [5.74, 6) is 2.43. The zero-order valence-corrected chi connectivity index (χ0v) is 16.7. The van der Waals surface area contributed by atoms with E-state index in [1.807, 2.05) is 23.9 Å². The van der Waals surface area contributed by atoms with Gasteiger partial charge in [-0.1, -0.05) is 11.6 Å². The Hall–Kier alpha value is -1.90. The van der Waals surface area contributed by atoms with Crippen LogP contribution in [-0.2, 0) is 13.1 Å². The molecule has 134 valence electrons. The molecular formula is C20H22ClN4S+. The molecule has 0 N–H and O–H groups in total. The molecule has 4 rings (SSSR count). The van der Waals surface area contributed by atoms with Crippen LogP contribution in [0.1, 0.15) is 26.1 Å². The van der Waals surface area contributed by atoms with Crippen molar-refractivity contribution in [1.29, 1.82) is 0 Å². The fourth-order valence-corrected chi connectivity index (χ4v) is 5.22. The minimum atomic E-state index is 0.531. The summed E-state index contributed by atoms with van der Waals surface area (Å²) in [4.78, 5) is 6.00. The lowest BCUT2D eigenvalue weighted by Crippen LogP contribution is -2.31. The molecule has 3 heterocycles. The Morgan fingerprint density at radius 1 is 1.31 bits per heavy atom. The van der Waals surface area contributed by atoms with Crippen molar-refractivity contribution in [2.24, 2.45) is 0 Å². The Kier molecular flexibility index (Phi) is 4.73. The van der Waals surface area contributed by atoms with Gasteiger partial charge in [-0.05, 0) is 38.1 Å². The van der Waals surface area contributed by atoms with E-state index in [2.05, 4.69) is 44.9 Å². The highest BCUT2D eigenvalue weighted by Gasteiger charge is 2.32. The Morgan fingerprint density at radius 3 is 2.88 bits per heavy atom. The normalized spacial score (nSPS) is 19.7. The van der Waals surface area contributed by atoms with Crippen LogP contribution >= 0.6 is 23.4 Å². The highest BCUT2D eigenvalue weighted by molar-refractivity contribution is 8.03. The highest BCUT2D eigenvalue weighted by Crippen LogP contribution is 2.34. The number of nitrogens with zero attached hydrogens (tertiary/aromatic N) is 4. The lowest BCUT2D eigenvalue weighted by atomic mass is 10.2. The SMILES string of the molecule is [C-]#[N+]c1cc2c(cc1Cl)n(CC)c1[n+]2CCC1=CC=C1SCCN1CC. The van der Waals surface area contributed by atoms with E-state index in [4.69, 9.17) is 18.2 Å². The first-order valence-electron chi connectivity index (χ1n) is 9.10. The molecule has 2 aliphatic rings. The fraction of sp³-hybridized carbons (Fsp3) is 0.400. The Morgan fingerprint density at radius 2 is 2.15 bits per heavy atom. The molecule has 0 amide bonds. The van der Waals surface area contributed by atoms with Crippen LogP contribution in [0.4, 0.5) is 5.69 Å². The van der Waals surface area contributed by atoms with Gasteiger partial charge < -0.3 is 4.90 Å². The number of hydrogen-bond donors (Lipinski definition) is 0. The number of aromatic nitrogens is 2. The van der Waals surface area contributed by atoms with E-state index in [-0.39, 0.29) is 0 Å². The van der Waals surface area contributed by atoms with Crippen LogP contribution in [0, 0.1) is 6.57 Å². The summed E-state index contributed by atoms with van der Waals surface area (Å²) >= 11 is 8.24. The molecule has 0 aliphatic carbocycles. The van der Waals surface area contributed by atoms with E-state index < -0.39 is 0 Å². The number of rotatable bonds is 3. The summed E-state index contributed by atoms with van der Waals surface area (Å²) in [6, 6.07) is 3.88. The number of allylic oxidation sites excluding steroid dienone is 3. The maximum Gasteiger partial charge on any atom is 0.285 e. The van der Waals surface area contributed by atoms with Gasteiger partial charge >= 0.3 is 0 Å². The summed E-state index contributed by atoms with van der Waals surface area (Å²) in [5, 5.41) is 1.91. The highest BCUT2D eigenvalue weighted by atomic mass is 35.5. The summed E-state index contributed by atoms with van der Waals surface area (Å²) in [6.07, 6.45) is 5.60.